The smallest absolute Gasteiger partial charge is 0.331 e. The molecular weight excluding hydrogens is 320 g/mol. The van der Waals surface area contributed by atoms with Crippen LogP contribution in [0.25, 0.3) is 0 Å². The quantitative estimate of drug-likeness (QED) is 0.603. The number of aliphatic imine (C=N–C) groups is 1. The molecule has 1 fully saturated rings. The van der Waals surface area contributed by atoms with Crippen LogP contribution in [0.3, 0.4) is 0 Å². The molecule has 1 heterocycles. The average molecular weight is 351 g/mol. The molecule has 0 atom stereocenters. The molecular formula is C18H31N4O3+. The van der Waals surface area contributed by atoms with E-state index in [0.717, 1.165) is 43.1 Å². The summed E-state index contributed by atoms with van der Waals surface area (Å²) in [5.74, 6) is -0.230. The van der Waals surface area contributed by atoms with E-state index in [1.165, 1.54) is 4.57 Å². The fourth-order valence-electron chi connectivity index (χ4n) is 3.33. The van der Waals surface area contributed by atoms with Crippen LogP contribution in [0.2, 0.25) is 0 Å². The van der Waals surface area contributed by atoms with E-state index in [2.05, 4.69) is 31.1 Å². The summed E-state index contributed by atoms with van der Waals surface area (Å²) < 4.78 is 2.13. The zero-order chi connectivity index (χ0) is 18.6. The maximum absolute atomic E-state index is 12.3. The Morgan fingerprint density at radius 1 is 1.24 bits per heavy atom. The molecule has 1 aromatic rings. The summed E-state index contributed by atoms with van der Waals surface area (Å²) in [6.45, 7) is 3.29. The van der Waals surface area contributed by atoms with Gasteiger partial charge in [-0.15, -0.1) is 0 Å². The molecule has 0 radical (unpaired) electrons. The molecule has 7 nitrogen and oxygen atoms in total. The lowest BCUT2D eigenvalue weighted by atomic mass is 9.95. The largest absolute Gasteiger partial charge is 0.494 e. The van der Waals surface area contributed by atoms with Crippen LogP contribution < -0.4 is 11.2 Å². The minimum absolute atomic E-state index is 0.0544. The van der Waals surface area contributed by atoms with Gasteiger partial charge in [-0.3, -0.25) is 19.3 Å². The lowest BCUT2D eigenvalue weighted by Gasteiger charge is -2.25. The van der Waals surface area contributed by atoms with E-state index in [-0.39, 0.29) is 17.5 Å². The number of rotatable bonds is 6. The van der Waals surface area contributed by atoms with Crippen LogP contribution in [-0.4, -0.2) is 59.1 Å². The second kappa shape index (κ2) is 7.99. The van der Waals surface area contributed by atoms with E-state index in [0.29, 0.717) is 18.7 Å². The monoisotopic (exact) mass is 351 g/mol. The van der Waals surface area contributed by atoms with Gasteiger partial charge >= 0.3 is 5.69 Å². The third-order valence-electron chi connectivity index (χ3n) is 4.75. The first kappa shape index (κ1) is 19.4. The van der Waals surface area contributed by atoms with Crippen molar-refractivity contribution < 1.29 is 9.59 Å². The molecule has 0 aliphatic heterocycles. The van der Waals surface area contributed by atoms with Gasteiger partial charge in [0.1, 0.15) is 5.56 Å². The molecule has 0 spiro atoms. The lowest BCUT2D eigenvalue weighted by Crippen LogP contribution is -2.38. The number of quaternary nitrogens is 1. The number of aromatic nitrogens is 2. The SMILES string of the molecule is CCC(=NCC[N+](C)(C)C)c1c(O)n(C2CCCCC2)c(=O)[nH]c1=O. The summed E-state index contributed by atoms with van der Waals surface area (Å²) in [7, 11) is 6.23. The Morgan fingerprint density at radius 3 is 2.44 bits per heavy atom. The summed E-state index contributed by atoms with van der Waals surface area (Å²) in [5, 5.41) is 10.7. The Labute approximate surface area is 148 Å². The molecule has 1 aromatic heterocycles. The standard InChI is InChI=1S/C18H30N4O3/c1-5-14(19-11-12-22(2,3)4)15-16(23)20-18(25)21(17(15)24)13-9-7-6-8-10-13/h13H,5-12H2,1-4H3,(H-,19,20,23,24,25)/p+1. The first-order valence-electron chi connectivity index (χ1n) is 9.16. The van der Waals surface area contributed by atoms with Crippen LogP contribution in [0.1, 0.15) is 57.1 Å². The predicted octanol–water partition coefficient (Wildman–Crippen LogP) is 1.65. The maximum atomic E-state index is 12.3. The Balaban J connectivity index is 2.43. The molecule has 1 aliphatic carbocycles. The van der Waals surface area contributed by atoms with E-state index in [4.69, 9.17) is 0 Å². The summed E-state index contributed by atoms with van der Waals surface area (Å²) in [4.78, 5) is 31.5. The van der Waals surface area contributed by atoms with Gasteiger partial charge in [-0.1, -0.05) is 26.2 Å². The van der Waals surface area contributed by atoms with Gasteiger partial charge < -0.3 is 9.59 Å². The first-order chi connectivity index (χ1) is 11.7. The van der Waals surface area contributed by atoms with Gasteiger partial charge in [0.25, 0.3) is 5.56 Å². The predicted molar refractivity (Wildman–Crippen MR) is 99.7 cm³/mol. The molecule has 2 rings (SSSR count). The van der Waals surface area contributed by atoms with Gasteiger partial charge in [0.15, 0.2) is 0 Å². The summed E-state index contributed by atoms with van der Waals surface area (Å²) in [6.07, 6.45) is 5.43. The van der Waals surface area contributed by atoms with Crippen molar-refractivity contribution in [2.75, 3.05) is 34.2 Å². The van der Waals surface area contributed by atoms with Crippen molar-refractivity contribution in [2.24, 2.45) is 4.99 Å². The lowest BCUT2D eigenvalue weighted by molar-refractivity contribution is -0.868. The van der Waals surface area contributed by atoms with E-state index in [1.54, 1.807) is 0 Å². The van der Waals surface area contributed by atoms with Crippen molar-refractivity contribution in [1.82, 2.24) is 9.55 Å². The highest BCUT2D eigenvalue weighted by atomic mass is 16.3. The first-order valence-corrected chi connectivity index (χ1v) is 9.16. The third-order valence-corrected chi connectivity index (χ3v) is 4.75. The number of aromatic hydroxyl groups is 1. The minimum Gasteiger partial charge on any atom is -0.494 e. The number of aromatic amines is 1. The Morgan fingerprint density at radius 2 is 1.88 bits per heavy atom. The zero-order valence-corrected chi connectivity index (χ0v) is 15.8. The number of hydrogen-bond donors (Lipinski definition) is 2. The number of H-pyrrole nitrogens is 1. The van der Waals surface area contributed by atoms with Gasteiger partial charge in [0, 0.05) is 6.04 Å². The molecule has 0 amide bonds. The number of nitrogens with zero attached hydrogens (tertiary/aromatic N) is 3. The molecule has 0 aromatic carbocycles. The van der Waals surface area contributed by atoms with Crippen molar-refractivity contribution in [3.05, 3.63) is 26.4 Å². The van der Waals surface area contributed by atoms with Crippen molar-refractivity contribution in [3.63, 3.8) is 0 Å². The molecule has 25 heavy (non-hydrogen) atoms. The molecule has 0 unspecified atom stereocenters. The molecule has 0 bridgehead atoms. The fraction of sp³-hybridized carbons (Fsp3) is 0.722. The number of nitrogens with one attached hydrogen (secondary N) is 1. The summed E-state index contributed by atoms with van der Waals surface area (Å²) >= 11 is 0. The topological polar surface area (TPSA) is 87.4 Å². The van der Waals surface area contributed by atoms with Crippen LogP contribution >= 0.6 is 0 Å². The second-order valence-electron chi connectivity index (χ2n) is 7.82. The fourth-order valence-corrected chi connectivity index (χ4v) is 3.33. The van der Waals surface area contributed by atoms with E-state index in [9.17, 15) is 14.7 Å². The molecule has 0 saturated heterocycles. The van der Waals surface area contributed by atoms with Gasteiger partial charge in [0.05, 0.1) is 39.9 Å². The van der Waals surface area contributed by atoms with E-state index < -0.39 is 11.2 Å². The minimum atomic E-state index is -0.555. The van der Waals surface area contributed by atoms with Crippen LogP contribution in [0, 0.1) is 0 Å². The highest BCUT2D eigenvalue weighted by Crippen LogP contribution is 2.30. The summed E-state index contributed by atoms with van der Waals surface area (Å²) in [6, 6.07) is -0.0544. The van der Waals surface area contributed by atoms with Crippen LogP contribution in [0.4, 0.5) is 0 Å². The maximum Gasteiger partial charge on any atom is 0.331 e. The van der Waals surface area contributed by atoms with Crippen molar-refractivity contribution in [3.8, 4) is 5.88 Å². The number of likely N-dealkylation sites (N-methyl/N-ethyl adjacent to an activating group) is 1. The Hall–Kier alpha value is -1.89. The molecule has 1 saturated carbocycles. The summed E-state index contributed by atoms with van der Waals surface area (Å²) in [5.41, 5.74) is -0.383. The molecule has 2 N–H and O–H groups in total. The van der Waals surface area contributed by atoms with Crippen LogP contribution in [0.15, 0.2) is 14.6 Å². The highest BCUT2D eigenvalue weighted by Gasteiger charge is 2.24. The third kappa shape index (κ3) is 4.81. The van der Waals surface area contributed by atoms with Crippen molar-refractivity contribution in [1.29, 1.82) is 0 Å². The molecule has 1 aliphatic rings. The molecule has 7 heteroatoms. The highest BCUT2D eigenvalue weighted by molar-refractivity contribution is 6.01. The number of hydrogen-bond acceptors (Lipinski definition) is 4. The van der Waals surface area contributed by atoms with E-state index >= 15 is 0 Å². The Bertz CT molecular complexity index is 734. The Kier molecular flexibility index (Phi) is 6.21. The molecule has 140 valence electrons. The van der Waals surface area contributed by atoms with Crippen LogP contribution in [0.5, 0.6) is 5.88 Å². The average Bonchev–Trinajstić information content (AvgIpc) is 2.52. The zero-order valence-electron chi connectivity index (χ0n) is 15.8. The van der Waals surface area contributed by atoms with Gasteiger partial charge in [-0.2, -0.15) is 0 Å². The normalized spacial score (nSPS) is 17.0. The van der Waals surface area contributed by atoms with Gasteiger partial charge in [-0.05, 0) is 19.3 Å². The van der Waals surface area contributed by atoms with Gasteiger partial charge in [0.2, 0.25) is 5.88 Å². The van der Waals surface area contributed by atoms with Crippen molar-refractivity contribution >= 4 is 5.71 Å². The van der Waals surface area contributed by atoms with Gasteiger partial charge in [-0.25, -0.2) is 4.79 Å². The van der Waals surface area contributed by atoms with E-state index in [1.807, 2.05) is 6.92 Å². The second-order valence-corrected chi connectivity index (χ2v) is 7.82. The van der Waals surface area contributed by atoms with Crippen molar-refractivity contribution in [2.45, 2.75) is 51.5 Å². The van der Waals surface area contributed by atoms with Crippen LogP contribution in [-0.2, 0) is 0 Å².